The molecule has 3 N–H and O–H groups in total. The normalized spacial score (nSPS) is 10.3. The van der Waals surface area contributed by atoms with E-state index in [-0.39, 0.29) is 12.0 Å². The van der Waals surface area contributed by atoms with E-state index >= 15 is 0 Å². The van der Waals surface area contributed by atoms with Gasteiger partial charge in [0, 0.05) is 10.2 Å². The molecule has 100 valence electrons. The van der Waals surface area contributed by atoms with Crippen molar-refractivity contribution in [3.8, 4) is 6.01 Å². The van der Waals surface area contributed by atoms with Gasteiger partial charge in [-0.25, -0.2) is 0 Å². The quantitative estimate of drug-likeness (QED) is 0.899. The second-order valence-electron chi connectivity index (χ2n) is 3.82. The van der Waals surface area contributed by atoms with E-state index in [1.54, 1.807) is 0 Å². The van der Waals surface area contributed by atoms with Crippen LogP contribution < -0.4 is 15.8 Å². The minimum Gasteiger partial charge on any atom is -0.464 e. The number of nitrogen functional groups attached to an aromatic ring is 1. The number of hydrogen-bond donors (Lipinski definition) is 2. The minimum atomic E-state index is 0.120. The van der Waals surface area contributed by atoms with Crippen molar-refractivity contribution in [1.82, 2.24) is 15.0 Å². The molecule has 0 saturated heterocycles. The molecule has 0 aliphatic rings. The summed E-state index contributed by atoms with van der Waals surface area (Å²) < 4.78 is 6.26. The summed E-state index contributed by atoms with van der Waals surface area (Å²) in [6, 6.07) is 6.05. The number of nitrogens with one attached hydrogen (secondary N) is 1. The molecule has 0 fully saturated rings. The minimum absolute atomic E-state index is 0.120. The largest absolute Gasteiger partial charge is 0.464 e. The molecule has 0 bridgehead atoms. The Morgan fingerprint density at radius 1 is 1.32 bits per heavy atom. The summed E-state index contributed by atoms with van der Waals surface area (Å²) in [5.41, 5.74) is 7.59. The van der Waals surface area contributed by atoms with Gasteiger partial charge in [0.2, 0.25) is 11.9 Å². The molecule has 1 aromatic heterocycles. The third-order valence-electron chi connectivity index (χ3n) is 2.32. The summed E-state index contributed by atoms with van der Waals surface area (Å²) in [5, 5.41) is 3.07. The van der Waals surface area contributed by atoms with Gasteiger partial charge in [-0.2, -0.15) is 15.0 Å². The molecule has 7 heteroatoms. The third kappa shape index (κ3) is 3.54. The van der Waals surface area contributed by atoms with Gasteiger partial charge in [0.15, 0.2) is 0 Å². The van der Waals surface area contributed by atoms with Crippen LogP contribution in [-0.4, -0.2) is 21.6 Å². The summed E-state index contributed by atoms with van der Waals surface area (Å²) in [4.78, 5) is 12.0. The Morgan fingerprint density at radius 2 is 2.11 bits per heavy atom. The van der Waals surface area contributed by atoms with Crippen molar-refractivity contribution in [1.29, 1.82) is 0 Å². The van der Waals surface area contributed by atoms with Crippen LogP contribution in [0.1, 0.15) is 12.5 Å². The highest BCUT2D eigenvalue weighted by Crippen LogP contribution is 2.22. The molecular formula is C12H14BrN5O. The highest BCUT2D eigenvalue weighted by atomic mass is 79.9. The van der Waals surface area contributed by atoms with E-state index in [1.807, 2.05) is 32.0 Å². The summed E-state index contributed by atoms with van der Waals surface area (Å²) in [5.74, 6) is 0.479. The first-order valence-electron chi connectivity index (χ1n) is 5.76. The first-order valence-corrected chi connectivity index (χ1v) is 6.55. The summed E-state index contributed by atoms with van der Waals surface area (Å²) in [6.07, 6.45) is 0. The number of hydrogen-bond acceptors (Lipinski definition) is 6. The Hall–Kier alpha value is -1.89. The fourth-order valence-electron chi connectivity index (χ4n) is 1.47. The molecule has 0 unspecified atom stereocenters. The van der Waals surface area contributed by atoms with Crippen LogP contribution in [0.15, 0.2) is 22.7 Å². The maximum absolute atomic E-state index is 5.61. The van der Waals surface area contributed by atoms with E-state index in [4.69, 9.17) is 10.5 Å². The maximum atomic E-state index is 5.61. The molecule has 0 radical (unpaired) electrons. The topological polar surface area (TPSA) is 86.0 Å². The van der Waals surface area contributed by atoms with Crippen molar-refractivity contribution in [3.63, 3.8) is 0 Å². The molecule has 2 rings (SSSR count). The van der Waals surface area contributed by atoms with Crippen LogP contribution in [0, 0.1) is 6.92 Å². The Morgan fingerprint density at radius 3 is 2.79 bits per heavy atom. The molecule has 0 spiro atoms. The van der Waals surface area contributed by atoms with Crippen LogP contribution in [0.25, 0.3) is 0 Å². The van der Waals surface area contributed by atoms with Gasteiger partial charge in [0.25, 0.3) is 0 Å². The van der Waals surface area contributed by atoms with Gasteiger partial charge in [-0.1, -0.05) is 15.9 Å². The van der Waals surface area contributed by atoms with Crippen molar-refractivity contribution in [3.05, 3.63) is 28.2 Å². The van der Waals surface area contributed by atoms with Gasteiger partial charge in [-0.15, -0.1) is 0 Å². The van der Waals surface area contributed by atoms with E-state index in [0.29, 0.717) is 12.6 Å². The summed E-state index contributed by atoms with van der Waals surface area (Å²) in [7, 11) is 0. The lowest BCUT2D eigenvalue weighted by Gasteiger charge is -2.08. The zero-order chi connectivity index (χ0) is 13.8. The van der Waals surface area contributed by atoms with Crippen LogP contribution in [0.3, 0.4) is 0 Å². The molecule has 6 nitrogen and oxygen atoms in total. The molecule has 0 saturated carbocycles. The predicted octanol–water partition coefficient (Wildman–Crippen LogP) is 2.67. The Bertz CT molecular complexity index is 590. The lowest BCUT2D eigenvalue weighted by atomic mass is 10.2. The van der Waals surface area contributed by atoms with Crippen molar-refractivity contribution >= 4 is 33.5 Å². The predicted molar refractivity (Wildman–Crippen MR) is 77.6 cm³/mol. The van der Waals surface area contributed by atoms with Gasteiger partial charge in [0.05, 0.1) is 6.61 Å². The van der Waals surface area contributed by atoms with Crippen molar-refractivity contribution < 1.29 is 4.74 Å². The van der Waals surface area contributed by atoms with E-state index < -0.39 is 0 Å². The number of aryl methyl sites for hydroxylation is 1. The van der Waals surface area contributed by atoms with Crippen LogP contribution in [0.2, 0.25) is 0 Å². The second kappa shape index (κ2) is 5.83. The standard InChI is InChI=1S/C12H14BrN5O/c1-3-19-12-17-10(14)16-11(18-12)15-8-4-5-9(13)7(2)6-8/h4-6H,3H2,1-2H3,(H3,14,15,16,17,18). The first kappa shape index (κ1) is 13.5. The fraction of sp³-hybridized carbons (Fsp3) is 0.250. The lowest BCUT2D eigenvalue weighted by molar-refractivity contribution is 0.312. The van der Waals surface area contributed by atoms with Crippen molar-refractivity contribution in [2.24, 2.45) is 0 Å². The molecule has 0 amide bonds. The van der Waals surface area contributed by atoms with Gasteiger partial charge in [-0.3, -0.25) is 0 Å². The number of rotatable bonds is 4. The van der Waals surface area contributed by atoms with Gasteiger partial charge in [0.1, 0.15) is 0 Å². The van der Waals surface area contributed by atoms with Gasteiger partial charge < -0.3 is 15.8 Å². The number of nitrogens with two attached hydrogens (primary N) is 1. The number of halogens is 1. The Kier molecular flexibility index (Phi) is 4.16. The zero-order valence-corrected chi connectivity index (χ0v) is 12.2. The van der Waals surface area contributed by atoms with Crippen LogP contribution in [0.5, 0.6) is 6.01 Å². The van der Waals surface area contributed by atoms with Crippen LogP contribution in [-0.2, 0) is 0 Å². The number of nitrogens with zero attached hydrogens (tertiary/aromatic N) is 3. The van der Waals surface area contributed by atoms with Crippen LogP contribution >= 0.6 is 15.9 Å². The highest BCUT2D eigenvalue weighted by molar-refractivity contribution is 9.10. The molecule has 0 aliphatic heterocycles. The van der Waals surface area contributed by atoms with E-state index in [0.717, 1.165) is 15.7 Å². The molecule has 0 atom stereocenters. The van der Waals surface area contributed by atoms with Crippen molar-refractivity contribution in [2.75, 3.05) is 17.7 Å². The number of aromatic nitrogens is 3. The average Bonchev–Trinajstić information content (AvgIpc) is 2.33. The Labute approximate surface area is 119 Å². The molecule has 2 aromatic rings. The maximum Gasteiger partial charge on any atom is 0.323 e. The third-order valence-corrected chi connectivity index (χ3v) is 3.21. The SMILES string of the molecule is CCOc1nc(N)nc(Nc2ccc(Br)c(C)c2)n1. The van der Waals surface area contributed by atoms with E-state index in [1.165, 1.54) is 0 Å². The molecule has 1 aromatic carbocycles. The van der Waals surface area contributed by atoms with E-state index in [2.05, 4.69) is 36.2 Å². The summed E-state index contributed by atoms with van der Waals surface area (Å²) in [6.45, 7) is 4.33. The van der Waals surface area contributed by atoms with Crippen LogP contribution in [0.4, 0.5) is 17.6 Å². The lowest BCUT2D eigenvalue weighted by Crippen LogP contribution is -2.06. The van der Waals surface area contributed by atoms with E-state index in [9.17, 15) is 0 Å². The monoisotopic (exact) mass is 323 g/mol. The molecular weight excluding hydrogens is 310 g/mol. The second-order valence-corrected chi connectivity index (χ2v) is 4.68. The van der Waals surface area contributed by atoms with Gasteiger partial charge in [-0.05, 0) is 37.6 Å². The number of ether oxygens (including phenoxy) is 1. The fourth-order valence-corrected chi connectivity index (χ4v) is 1.72. The number of anilines is 3. The highest BCUT2D eigenvalue weighted by Gasteiger charge is 2.06. The molecule has 19 heavy (non-hydrogen) atoms. The average molecular weight is 324 g/mol. The Balaban J connectivity index is 2.24. The van der Waals surface area contributed by atoms with Gasteiger partial charge >= 0.3 is 6.01 Å². The molecule has 1 heterocycles. The zero-order valence-electron chi connectivity index (χ0n) is 10.6. The first-order chi connectivity index (χ1) is 9.08. The van der Waals surface area contributed by atoms with Crippen molar-refractivity contribution in [2.45, 2.75) is 13.8 Å². The smallest absolute Gasteiger partial charge is 0.323 e. The molecule has 0 aliphatic carbocycles. The number of benzene rings is 1. The summed E-state index contributed by atoms with van der Waals surface area (Å²) >= 11 is 3.45.